The number of hydrogen-bond acceptors (Lipinski definition) is 1. The van der Waals surface area contributed by atoms with Crippen molar-refractivity contribution in [3.63, 3.8) is 0 Å². The fourth-order valence-corrected chi connectivity index (χ4v) is 2.20. The normalized spacial score (nSPS) is 10.6. The monoisotopic (exact) mass is 219 g/mol. The fraction of sp³-hybridized carbons (Fsp3) is 0.0625. The minimum atomic E-state index is 1.07. The van der Waals surface area contributed by atoms with Crippen molar-refractivity contribution in [2.75, 3.05) is 0 Å². The number of nitrogens with zero attached hydrogens (tertiary/aromatic N) is 1. The molecule has 1 heteroatoms. The van der Waals surface area contributed by atoms with Crippen molar-refractivity contribution in [2.24, 2.45) is 0 Å². The molecule has 0 aliphatic heterocycles. The third kappa shape index (κ3) is 1.70. The number of para-hydroxylation sites is 1. The van der Waals surface area contributed by atoms with Gasteiger partial charge in [-0.3, -0.25) is 4.98 Å². The predicted molar refractivity (Wildman–Crippen MR) is 71.9 cm³/mol. The van der Waals surface area contributed by atoms with Gasteiger partial charge in [-0.15, -0.1) is 0 Å². The van der Waals surface area contributed by atoms with Gasteiger partial charge in [0.1, 0.15) is 0 Å². The summed E-state index contributed by atoms with van der Waals surface area (Å²) in [5.74, 6) is 0. The minimum absolute atomic E-state index is 1.07. The van der Waals surface area contributed by atoms with E-state index in [0.29, 0.717) is 0 Å². The maximum Gasteiger partial charge on any atom is 0.0780 e. The second kappa shape index (κ2) is 4.02. The van der Waals surface area contributed by atoms with Crippen LogP contribution >= 0.6 is 0 Å². The third-order valence-electron chi connectivity index (χ3n) is 3.07. The molecule has 1 aromatic heterocycles. The number of rotatable bonds is 1. The largest absolute Gasteiger partial charge is 0.256 e. The zero-order valence-electron chi connectivity index (χ0n) is 9.72. The highest BCUT2D eigenvalue weighted by Crippen LogP contribution is 2.28. The van der Waals surface area contributed by atoms with Gasteiger partial charge in [0.25, 0.3) is 0 Å². The van der Waals surface area contributed by atoms with E-state index in [4.69, 9.17) is 0 Å². The summed E-state index contributed by atoms with van der Waals surface area (Å²) >= 11 is 0. The van der Waals surface area contributed by atoms with Crippen LogP contribution in [-0.4, -0.2) is 4.98 Å². The molecule has 0 bridgehead atoms. The first-order chi connectivity index (χ1) is 8.36. The van der Waals surface area contributed by atoms with E-state index in [9.17, 15) is 0 Å². The van der Waals surface area contributed by atoms with Crippen molar-refractivity contribution < 1.29 is 0 Å². The molecule has 0 aliphatic carbocycles. The molecule has 1 heterocycles. The molecule has 3 aromatic rings. The molecule has 82 valence electrons. The average Bonchev–Trinajstić information content (AvgIpc) is 2.39. The van der Waals surface area contributed by atoms with Gasteiger partial charge >= 0.3 is 0 Å². The first kappa shape index (κ1) is 10.0. The van der Waals surface area contributed by atoms with Crippen molar-refractivity contribution in [2.45, 2.75) is 6.92 Å². The summed E-state index contributed by atoms with van der Waals surface area (Å²) in [5.41, 5.74) is 4.83. The van der Waals surface area contributed by atoms with Gasteiger partial charge in [0.15, 0.2) is 0 Å². The maximum absolute atomic E-state index is 4.50. The smallest absolute Gasteiger partial charge is 0.0780 e. The molecule has 17 heavy (non-hydrogen) atoms. The van der Waals surface area contributed by atoms with Crippen LogP contribution in [0.1, 0.15) is 5.56 Å². The number of hydrogen-bond donors (Lipinski definition) is 0. The topological polar surface area (TPSA) is 12.9 Å². The Labute approximate surface area is 101 Å². The van der Waals surface area contributed by atoms with E-state index in [1.807, 2.05) is 12.3 Å². The van der Waals surface area contributed by atoms with Gasteiger partial charge in [-0.2, -0.15) is 0 Å². The van der Waals surface area contributed by atoms with Gasteiger partial charge in [0.2, 0.25) is 0 Å². The Morgan fingerprint density at radius 3 is 2.41 bits per heavy atom. The Bertz CT molecular complexity index is 666. The number of aromatic nitrogens is 1. The van der Waals surface area contributed by atoms with Crippen LogP contribution in [0.25, 0.3) is 22.0 Å². The number of benzene rings is 2. The second-order valence-electron chi connectivity index (χ2n) is 4.20. The summed E-state index contributed by atoms with van der Waals surface area (Å²) in [5, 5.41) is 1.19. The molecule has 0 N–H and O–H groups in total. The average molecular weight is 219 g/mol. The van der Waals surface area contributed by atoms with Crippen LogP contribution in [0.5, 0.6) is 0 Å². The molecule has 0 fully saturated rings. The Hall–Kier alpha value is -2.15. The highest BCUT2D eigenvalue weighted by atomic mass is 14.6. The Morgan fingerprint density at radius 2 is 1.53 bits per heavy atom. The van der Waals surface area contributed by atoms with Crippen LogP contribution in [0.2, 0.25) is 0 Å². The fourth-order valence-electron chi connectivity index (χ4n) is 2.20. The first-order valence-corrected chi connectivity index (χ1v) is 5.76. The van der Waals surface area contributed by atoms with E-state index in [2.05, 4.69) is 60.4 Å². The molecule has 3 rings (SSSR count). The maximum atomic E-state index is 4.50. The molecule has 0 aliphatic rings. The standard InChI is InChI=1S/C16H13N/c1-12-6-2-3-9-14(12)15-10-4-7-13-8-5-11-17-16(13)15/h2-11H,1H3. The summed E-state index contributed by atoms with van der Waals surface area (Å²) in [6, 6.07) is 18.8. The van der Waals surface area contributed by atoms with Crippen LogP contribution in [0.4, 0.5) is 0 Å². The van der Waals surface area contributed by atoms with Crippen molar-refractivity contribution in [1.82, 2.24) is 4.98 Å². The second-order valence-corrected chi connectivity index (χ2v) is 4.20. The summed E-state index contributed by atoms with van der Waals surface area (Å²) in [7, 11) is 0. The Morgan fingerprint density at radius 1 is 0.765 bits per heavy atom. The lowest BCUT2D eigenvalue weighted by Crippen LogP contribution is -1.86. The lowest BCUT2D eigenvalue weighted by Gasteiger charge is -2.08. The molecular weight excluding hydrogens is 206 g/mol. The molecule has 0 radical (unpaired) electrons. The van der Waals surface area contributed by atoms with Gasteiger partial charge in [-0.25, -0.2) is 0 Å². The third-order valence-corrected chi connectivity index (χ3v) is 3.07. The van der Waals surface area contributed by atoms with Crippen LogP contribution in [0, 0.1) is 6.92 Å². The number of fused-ring (bicyclic) bond motifs is 1. The molecule has 2 aromatic carbocycles. The van der Waals surface area contributed by atoms with Crippen LogP contribution in [-0.2, 0) is 0 Å². The molecule has 0 amide bonds. The van der Waals surface area contributed by atoms with E-state index in [1.165, 1.54) is 22.1 Å². The molecular formula is C16H13N. The van der Waals surface area contributed by atoms with E-state index >= 15 is 0 Å². The van der Waals surface area contributed by atoms with Gasteiger partial charge in [-0.05, 0) is 24.1 Å². The van der Waals surface area contributed by atoms with Crippen LogP contribution in [0.15, 0.2) is 60.8 Å². The van der Waals surface area contributed by atoms with Gasteiger partial charge in [-0.1, -0.05) is 48.5 Å². The lowest BCUT2D eigenvalue weighted by molar-refractivity contribution is 1.40. The van der Waals surface area contributed by atoms with Gasteiger partial charge in [0, 0.05) is 17.1 Å². The van der Waals surface area contributed by atoms with Crippen molar-refractivity contribution in [3.8, 4) is 11.1 Å². The highest BCUT2D eigenvalue weighted by molar-refractivity contribution is 5.94. The van der Waals surface area contributed by atoms with E-state index in [1.54, 1.807) is 0 Å². The minimum Gasteiger partial charge on any atom is -0.256 e. The van der Waals surface area contributed by atoms with Gasteiger partial charge in [0.05, 0.1) is 5.52 Å². The first-order valence-electron chi connectivity index (χ1n) is 5.76. The van der Waals surface area contributed by atoms with Gasteiger partial charge < -0.3 is 0 Å². The van der Waals surface area contributed by atoms with Crippen molar-refractivity contribution in [3.05, 3.63) is 66.4 Å². The van der Waals surface area contributed by atoms with Crippen molar-refractivity contribution >= 4 is 10.9 Å². The number of aryl methyl sites for hydroxylation is 1. The van der Waals surface area contributed by atoms with Crippen molar-refractivity contribution in [1.29, 1.82) is 0 Å². The molecule has 0 spiro atoms. The van der Waals surface area contributed by atoms with E-state index in [-0.39, 0.29) is 0 Å². The Balaban J connectivity index is 2.35. The lowest BCUT2D eigenvalue weighted by atomic mass is 9.98. The van der Waals surface area contributed by atoms with E-state index < -0.39 is 0 Å². The van der Waals surface area contributed by atoms with Crippen LogP contribution in [0.3, 0.4) is 0 Å². The zero-order chi connectivity index (χ0) is 11.7. The highest BCUT2D eigenvalue weighted by Gasteiger charge is 2.05. The number of pyridine rings is 1. The summed E-state index contributed by atoms with van der Waals surface area (Å²) in [4.78, 5) is 4.50. The SMILES string of the molecule is Cc1ccccc1-c1cccc2cccnc12. The quantitative estimate of drug-likeness (QED) is 0.597. The summed E-state index contributed by atoms with van der Waals surface area (Å²) in [6.45, 7) is 2.14. The summed E-state index contributed by atoms with van der Waals surface area (Å²) < 4.78 is 0. The molecule has 0 saturated heterocycles. The predicted octanol–water partition coefficient (Wildman–Crippen LogP) is 4.21. The molecule has 0 saturated carbocycles. The summed E-state index contributed by atoms with van der Waals surface area (Å²) in [6.07, 6.45) is 1.85. The van der Waals surface area contributed by atoms with Crippen LogP contribution < -0.4 is 0 Å². The molecule has 1 nitrogen and oxygen atoms in total. The molecule has 0 unspecified atom stereocenters. The Kier molecular flexibility index (Phi) is 2.37. The molecule has 0 atom stereocenters. The van der Waals surface area contributed by atoms with E-state index in [0.717, 1.165) is 5.52 Å². The zero-order valence-corrected chi connectivity index (χ0v) is 9.72.